The zero-order valence-corrected chi connectivity index (χ0v) is 18.6. The summed E-state index contributed by atoms with van der Waals surface area (Å²) in [4.78, 5) is 0. The van der Waals surface area contributed by atoms with E-state index in [2.05, 4.69) is 41.7 Å². The summed E-state index contributed by atoms with van der Waals surface area (Å²) in [6.07, 6.45) is 1.96. The smallest absolute Gasteiger partial charge is 0.118 e. The molecule has 0 aliphatic carbocycles. The first-order chi connectivity index (χ1) is 15.2. The van der Waals surface area contributed by atoms with E-state index in [0.29, 0.717) is 6.54 Å². The third-order valence-electron chi connectivity index (χ3n) is 5.59. The van der Waals surface area contributed by atoms with Crippen molar-refractivity contribution in [3.8, 4) is 17.2 Å². The monoisotopic (exact) mass is 420 g/mol. The maximum absolute atomic E-state index is 5.74. The third-order valence-corrected chi connectivity index (χ3v) is 5.59. The summed E-state index contributed by atoms with van der Waals surface area (Å²) in [5.41, 5.74) is 8.55. The Balaban J connectivity index is 2.18. The van der Waals surface area contributed by atoms with E-state index in [1.54, 1.807) is 21.3 Å². The molecule has 3 aromatic rings. The zero-order valence-electron chi connectivity index (χ0n) is 18.6. The van der Waals surface area contributed by atoms with Gasteiger partial charge >= 0.3 is 0 Å². The van der Waals surface area contributed by atoms with Gasteiger partial charge in [-0.05, 0) is 79.0 Å². The van der Waals surface area contributed by atoms with Gasteiger partial charge in [-0.25, -0.2) is 0 Å². The van der Waals surface area contributed by atoms with Crippen LogP contribution in [0.25, 0.3) is 0 Å². The van der Waals surface area contributed by atoms with Gasteiger partial charge in [-0.3, -0.25) is 5.32 Å². The lowest BCUT2D eigenvalue weighted by Crippen LogP contribution is -2.45. The molecule has 0 aliphatic rings. The van der Waals surface area contributed by atoms with Gasteiger partial charge in [0.1, 0.15) is 17.2 Å². The molecule has 5 nitrogen and oxygen atoms in total. The van der Waals surface area contributed by atoms with Crippen LogP contribution in [-0.4, -0.2) is 34.4 Å². The molecule has 0 spiro atoms. The zero-order chi connectivity index (χ0) is 22.1. The lowest BCUT2D eigenvalue weighted by molar-refractivity contribution is 0.410. The minimum absolute atomic E-state index is 0.556. The Morgan fingerprint density at radius 2 is 0.968 bits per heavy atom. The fourth-order valence-corrected chi connectivity index (χ4v) is 3.87. The average Bonchev–Trinajstić information content (AvgIpc) is 2.85. The Kier molecular flexibility index (Phi) is 7.93. The Morgan fingerprint density at radius 3 is 1.26 bits per heavy atom. The van der Waals surface area contributed by atoms with Crippen molar-refractivity contribution < 1.29 is 14.2 Å². The molecule has 0 saturated carbocycles. The normalized spacial score (nSPS) is 11.2. The number of hydrogen-bond donors (Lipinski definition) is 2. The molecule has 0 aromatic heterocycles. The third kappa shape index (κ3) is 5.01. The molecular weight excluding hydrogens is 388 g/mol. The first-order valence-corrected chi connectivity index (χ1v) is 10.6. The quantitative estimate of drug-likeness (QED) is 0.357. The highest BCUT2D eigenvalue weighted by Crippen LogP contribution is 2.39. The van der Waals surface area contributed by atoms with E-state index in [0.717, 1.165) is 53.3 Å². The van der Waals surface area contributed by atoms with Crippen LogP contribution in [0.15, 0.2) is 72.8 Å². The van der Waals surface area contributed by atoms with Crippen molar-refractivity contribution in [2.24, 2.45) is 5.73 Å². The highest BCUT2D eigenvalue weighted by Gasteiger charge is 2.36. The van der Waals surface area contributed by atoms with Gasteiger partial charge < -0.3 is 19.9 Å². The summed E-state index contributed by atoms with van der Waals surface area (Å²) in [5.74, 6) is 2.47. The number of benzene rings is 3. The largest absolute Gasteiger partial charge is 0.497 e. The van der Waals surface area contributed by atoms with E-state index in [1.807, 2.05) is 36.4 Å². The lowest BCUT2D eigenvalue weighted by Gasteiger charge is -2.37. The second-order valence-electron chi connectivity index (χ2n) is 7.36. The number of ether oxygens (including phenoxy) is 3. The van der Waals surface area contributed by atoms with Gasteiger partial charge in [0.2, 0.25) is 0 Å². The fraction of sp³-hybridized carbons (Fsp3) is 0.308. The molecule has 0 saturated heterocycles. The average molecular weight is 421 g/mol. The van der Waals surface area contributed by atoms with Crippen molar-refractivity contribution in [1.82, 2.24) is 5.32 Å². The van der Waals surface area contributed by atoms with E-state index in [4.69, 9.17) is 19.9 Å². The van der Waals surface area contributed by atoms with E-state index < -0.39 is 5.54 Å². The fourth-order valence-electron chi connectivity index (χ4n) is 3.87. The molecule has 0 amide bonds. The van der Waals surface area contributed by atoms with Crippen molar-refractivity contribution in [3.05, 3.63) is 89.5 Å². The number of hydrogen-bond acceptors (Lipinski definition) is 5. The summed E-state index contributed by atoms with van der Waals surface area (Å²) in [6, 6.07) is 24.7. The number of rotatable bonds is 11. The Bertz CT molecular complexity index is 807. The number of unbranched alkanes of at least 4 members (excludes halogenated alkanes) is 1. The van der Waals surface area contributed by atoms with Gasteiger partial charge in [-0.15, -0.1) is 0 Å². The second-order valence-corrected chi connectivity index (χ2v) is 7.36. The molecule has 0 heterocycles. The molecule has 3 rings (SSSR count). The van der Waals surface area contributed by atoms with E-state index in [9.17, 15) is 0 Å². The minimum atomic E-state index is -0.556. The van der Waals surface area contributed by atoms with Crippen molar-refractivity contribution >= 4 is 0 Å². The van der Waals surface area contributed by atoms with Gasteiger partial charge in [0.25, 0.3) is 0 Å². The highest BCUT2D eigenvalue weighted by molar-refractivity contribution is 5.52. The predicted molar refractivity (Wildman–Crippen MR) is 125 cm³/mol. The van der Waals surface area contributed by atoms with Gasteiger partial charge in [0, 0.05) is 0 Å². The summed E-state index contributed by atoms with van der Waals surface area (Å²) in [6.45, 7) is 1.50. The van der Waals surface area contributed by atoms with Crippen molar-refractivity contribution in [3.63, 3.8) is 0 Å². The molecule has 0 aliphatic heterocycles. The maximum atomic E-state index is 5.74. The summed E-state index contributed by atoms with van der Waals surface area (Å²) < 4.78 is 16.2. The van der Waals surface area contributed by atoms with Crippen LogP contribution >= 0.6 is 0 Å². The van der Waals surface area contributed by atoms with E-state index in [1.165, 1.54) is 0 Å². The Hall–Kier alpha value is -3.02. The van der Waals surface area contributed by atoms with Crippen LogP contribution < -0.4 is 25.3 Å². The van der Waals surface area contributed by atoms with Crippen LogP contribution in [0.2, 0.25) is 0 Å². The van der Waals surface area contributed by atoms with Crippen LogP contribution in [0, 0.1) is 0 Å². The minimum Gasteiger partial charge on any atom is -0.497 e. The van der Waals surface area contributed by atoms with Crippen molar-refractivity contribution in [2.45, 2.75) is 18.4 Å². The molecule has 0 bridgehead atoms. The van der Waals surface area contributed by atoms with Gasteiger partial charge in [-0.1, -0.05) is 36.4 Å². The van der Waals surface area contributed by atoms with Crippen LogP contribution in [-0.2, 0) is 5.54 Å². The molecule has 164 valence electrons. The molecule has 3 aromatic carbocycles. The van der Waals surface area contributed by atoms with Gasteiger partial charge in [-0.2, -0.15) is 0 Å². The highest BCUT2D eigenvalue weighted by atomic mass is 16.5. The lowest BCUT2D eigenvalue weighted by atomic mass is 9.76. The van der Waals surface area contributed by atoms with Crippen molar-refractivity contribution in [1.29, 1.82) is 0 Å². The van der Waals surface area contributed by atoms with Crippen LogP contribution in [0.4, 0.5) is 0 Å². The standard InChI is InChI=1S/C26H32N2O3/c1-29-23-12-6-20(7-13-23)26(28-19-5-4-18-27,21-8-14-24(30-2)15-9-21)22-10-16-25(31-3)17-11-22/h6-17,28H,4-5,18-19,27H2,1-3H3. The summed E-state index contributed by atoms with van der Waals surface area (Å²) >= 11 is 0. The molecule has 5 heteroatoms. The number of nitrogens with two attached hydrogens (primary N) is 1. The van der Waals surface area contributed by atoms with Crippen molar-refractivity contribution in [2.75, 3.05) is 34.4 Å². The van der Waals surface area contributed by atoms with E-state index >= 15 is 0 Å². The maximum Gasteiger partial charge on any atom is 0.118 e. The van der Waals surface area contributed by atoms with Gasteiger partial charge in [0.05, 0.1) is 26.9 Å². The molecule has 0 fully saturated rings. The van der Waals surface area contributed by atoms with Crippen LogP contribution in [0.1, 0.15) is 29.5 Å². The Labute approximate surface area is 185 Å². The first kappa shape index (κ1) is 22.7. The summed E-state index contributed by atoms with van der Waals surface area (Å²) in [7, 11) is 5.04. The molecule has 0 radical (unpaired) electrons. The van der Waals surface area contributed by atoms with Gasteiger partial charge in [0.15, 0.2) is 0 Å². The Morgan fingerprint density at radius 1 is 0.613 bits per heavy atom. The van der Waals surface area contributed by atoms with Crippen LogP contribution in [0.3, 0.4) is 0 Å². The molecule has 0 unspecified atom stereocenters. The molecule has 0 atom stereocenters. The summed E-state index contributed by atoms with van der Waals surface area (Å²) in [5, 5.41) is 3.85. The van der Waals surface area contributed by atoms with E-state index in [-0.39, 0.29) is 0 Å². The topological polar surface area (TPSA) is 65.7 Å². The van der Waals surface area contributed by atoms with Crippen LogP contribution in [0.5, 0.6) is 17.2 Å². The molecule has 31 heavy (non-hydrogen) atoms. The molecular formula is C26H32N2O3. The number of nitrogens with one attached hydrogen (secondary N) is 1. The number of methoxy groups -OCH3 is 3. The second kappa shape index (κ2) is 10.8. The molecule has 3 N–H and O–H groups in total. The first-order valence-electron chi connectivity index (χ1n) is 10.6. The SMILES string of the molecule is COc1ccc(C(NCCCCN)(c2ccc(OC)cc2)c2ccc(OC)cc2)cc1. The predicted octanol–water partition coefficient (Wildman–Crippen LogP) is 4.33.